The molecule has 110 valence electrons. The van der Waals surface area contributed by atoms with E-state index < -0.39 is 40.7 Å². The summed E-state index contributed by atoms with van der Waals surface area (Å²) in [6.07, 6.45) is 0.121. The van der Waals surface area contributed by atoms with Crippen molar-refractivity contribution in [3.05, 3.63) is 32.3 Å². The average molecular weight is 287 g/mol. The van der Waals surface area contributed by atoms with Crippen LogP contribution in [0.15, 0.2) is 9.59 Å². The van der Waals surface area contributed by atoms with Crippen LogP contribution in [0.3, 0.4) is 0 Å². The molecular formula is C11H14FN3O5. The number of carboxylic acids is 1. The maximum atomic E-state index is 13.4. The second-order valence-corrected chi connectivity index (χ2v) is 4.59. The van der Waals surface area contributed by atoms with E-state index in [0.29, 0.717) is 0 Å². The number of H-pyrrole nitrogens is 2. The third-order valence-electron chi connectivity index (χ3n) is 2.42. The predicted molar refractivity (Wildman–Crippen MR) is 66.0 cm³/mol. The largest absolute Gasteiger partial charge is 0.480 e. The number of carbonyl (C=O) groups is 2. The molecule has 0 aliphatic carbocycles. The monoisotopic (exact) mass is 287 g/mol. The number of aromatic amines is 2. The van der Waals surface area contributed by atoms with Crippen LogP contribution in [0.4, 0.5) is 4.39 Å². The van der Waals surface area contributed by atoms with Crippen molar-refractivity contribution >= 4 is 11.9 Å². The van der Waals surface area contributed by atoms with E-state index in [1.54, 1.807) is 18.8 Å². The van der Waals surface area contributed by atoms with E-state index in [4.69, 9.17) is 5.11 Å². The molecule has 1 aromatic rings. The summed E-state index contributed by atoms with van der Waals surface area (Å²) in [4.78, 5) is 48.1. The topological polar surface area (TPSA) is 132 Å². The minimum Gasteiger partial charge on any atom is -0.480 e. The van der Waals surface area contributed by atoms with Crippen molar-refractivity contribution in [2.45, 2.75) is 26.3 Å². The number of amides is 1. The van der Waals surface area contributed by atoms with Crippen molar-refractivity contribution in [1.82, 2.24) is 15.3 Å². The Kier molecular flexibility index (Phi) is 4.78. The smallest absolute Gasteiger partial charge is 0.326 e. The number of rotatable bonds is 5. The average Bonchev–Trinajstić information content (AvgIpc) is 2.32. The number of aliphatic carboxylic acids is 1. The molecule has 1 atom stereocenters. The molecule has 1 aromatic heterocycles. The zero-order chi connectivity index (χ0) is 15.4. The van der Waals surface area contributed by atoms with Gasteiger partial charge >= 0.3 is 11.7 Å². The van der Waals surface area contributed by atoms with E-state index in [-0.39, 0.29) is 12.3 Å². The third-order valence-corrected chi connectivity index (χ3v) is 2.42. The molecule has 0 spiro atoms. The van der Waals surface area contributed by atoms with Crippen molar-refractivity contribution in [2.75, 3.05) is 0 Å². The first-order valence-corrected chi connectivity index (χ1v) is 5.78. The minimum absolute atomic E-state index is 0.0283. The number of carbonyl (C=O) groups excluding carboxylic acids is 1. The molecule has 9 heteroatoms. The van der Waals surface area contributed by atoms with Crippen LogP contribution in [-0.4, -0.2) is 33.0 Å². The lowest BCUT2D eigenvalue weighted by atomic mass is 10.0. The molecule has 0 saturated carbocycles. The molecule has 0 aliphatic heterocycles. The summed E-state index contributed by atoms with van der Waals surface area (Å²) in [6.45, 7) is 3.50. The standard InChI is InChI=1S/C11H14FN3O5/c1-4(2)3-5(10(18)19)13-9(17)7-6(12)8(16)15-11(20)14-7/h4-5H,3H2,1-2H3,(H,13,17)(H,18,19)(H2,14,15,16,20)/t5-/m0/s1. The fourth-order valence-electron chi connectivity index (χ4n) is 1.55. The Morgan fingerprint density at radius 1 is 1.30 bits per heavy atom. The van der Waals surface area contributed by atoms with Gasteiger partial charge in [-0.15, -0.1) is 0 Å². The zero-order valence-corrected chi connectivity index (χ0v) is 10.8. The number of hydrogen-bond acceptors (Lipinski definition) is 4. The highest BCUT2D eigenvalue weighted by Crippen LogP contribution is 2.06. The number of nitrogens with one attached hydrogen (secondary N) is 3. The minimum atomic E-state index is -1.48. The molecule has 20 heavy (non-hydrogen) atoms. The van der Waals surface area contributed by atoms with Crippen LogP contribution >= 0.6 is 0 Å². The highest BCUT2D eigenvalue weighted by atomic mass is 19.1. The lowest BCUT2D eigenvalue weighted by Crippen LogP contribution is -2.43. The van der Waals surface area contributed by atoms with Crippen molar-refractivity contribution in [1.29, 1.82) is 0 Å². The second kappa shape index (κ2) is 6.13. The molecule has 8 nitrogen and oxygen atoms in total. The van der Waals surface area contributed by atoms with Gasteiger partial charge < -0.3 is 15.4 Å². The Balaban J connectivity index is 3.04. The van der Waals surface area contributed by atoms with Crippen molar-refractivity contribution < 1.29 is 19.1 Å². The van der Waals surface area contributed by atoms with Gasteiger partial charge in [-0.05, 0) is 12.3 Å². The van der Waals surface area contributed by atoms with Crippen molar-refractivity contribution in [3.63, 3.8) is 0 Å². The SMILES string of the molecule is CC(C)C[C@H](NC(=O)c1[nH]c(=O)[nH]c(=O)c1F)C(=O)O. The fraction of sp³-hybridized carbons (Fsp3) is 0.455. The van der Waals surface area contributed by atoms with Gasteiger partial charge in [-0.3, -0.25) is 14.6 Å². The Labute approximate surface area is 112 Å². The van der Waals surface area contributed by atoms with Crippen LogP contribution < -0.4 is 16.6 Å². The summed E-state index contributed by atoms with van der Waals surface area (Å²) < 4.78 is 13.4. The summed E-state index contributed by atoms with van der Waals surface area (Å²) in [5.41, 5.74) is -3.30. The molecule has 0 unspecified atom stereocenters. The van der Waals surface area contributed by atoms with Gasteiger partial charge in [0.1, 0.15) is 11.7 Å². The van der Waals surface area contributed by atoms with Crippen molar-refractivity contribution in [3.8, 4) is 0 Å². The maximum absolute atomic E-state index is 13.4. The first-order chi connectivity index (χ1) is 9.22. The van der Waals surface area contributed by atoms with Gasteiger partial charge in [-0.25, -0.2) is 9.59 Å². The van der Waals surface area contributed by atoms with Crippen LogP contribution in [0.1, 0.15) is 30.8 Å². The molecular weight excluding hydrogens is 273 g/mol. The Morgan fingerprint density at radius 2 is 1.90 bits per heavy atom. The molecule has 0 aliphatic rings. The summed E-state index contributed by atoms with van der Waals surface area (Å²) >= 11 is 0. The Bertz CT molecular complexity index is 634. The number of hydrogen-bond donors (Lipinski definition) is 4. The van der Waals surface area contributed by atoms with Gasteiger partial charge in [0, 0.05) is 0 Å². The first-order valence-electron chi connectivity index (χ1n) is 5.78. The molecule has 0 saturated heterocycles. The molecule has 1 amide bonds. The highest BCUT2D eigenvalue weighted by molar-refractivity contribution is 5.95. The predicted octanol–water partition coefficient (Wildman–Crippen LogP) is -0.569. The summed E-state index contributed by atoms with van der Waals surface area (Å²) in [5.74, 6) is -3.96. The van der Waals surface area contributed by atoms with Gasteiger partial charge in [-0.2, -0.15) is 4.39 Å². The normalized spacial score (nSPS) is 12.2. The van der Waals surface area contributed by atoms with E-state index in [2.05, 4.69) is 5.32 Å². The van der Waals surface area contributed by atoms with E-state index >= 15 is 0 Å². The van der Waals surface area contributed by atoms with Gasteiger partial charge in [0.25, 0.3) is 11.5 Å². The lowest BCUT2D eigenvalue weighted by Gasteiger charge is -2.16. The molecule has 1 rings (SSSR count). The fourth-order valence-corrected chi connectivity index (χ4v) is 1.55. The molecule has 4 N–H and O–H groups in total. The van der Waals surface area contributed by atoms with E-state index in [9.17, 15) is 23.6 Å². The lowest BCUT2D eigenvalue weighted by molar-refractivity contribution is -0.139. The number of halogens is 1. The molecule has 0 radical (unpaired) electrons. The van der Waals surface area contributed by atoms with Gasteiger partial charge in [0.05, 0.1) is 0 Å². The third kappa shape index (κ3) is 3.77. The zero-order valence-electron chi connectivity index (χ0n) is 10.8. The van der Waals surface area contributed by atoms with E-state index in [1.807, 2.05) is 4.98 Å². The second-order valence-electron chi connectivity index (χ2n) is 4.59. The van der Waals surface area contributed by atoms with Crippen LogP contribution in [0.5, 0.6) is 0 Å². The van der Waals surface area contributed by atoms with Crippen molar-refractivity contribution in [2.24, 2.45) is 5.92 Å². The highest BCUT2D eigenvalue weighted by Gasteiger charge is 2.24. The maximum Gasteiger partial charge on any atom is 0.326 e. The number of carboxylic acid groups (broad SMARTS) is 1. The summed E-state index contributed by atoms with van der Waals surface area (Å²) in [6, 6.07) is -1.25. The van der Waals surface area contributed by atoms with E-state index in [0.717, 1.165) is 0 Å². The Morgan fingerprint density at radius 3 is 2.40 bits per heavy atom. The molecule has 0 fully saturated rings. The van der Waals surface area contributed by atoms with Crippen LogP contribution in [0.25, 0.3) is 0 Å². The van der Waals surface area contributed by atoms with E-state index in [1.165, 1.54) is 0 Å². The van der Waals surface area contributed by atoms with Gasteiger partial charge in [0.2, 0.25) is 5.82 Å². The quantitative estimate of drug-likeness (QED) is 0.576. The Hall–Kier alpha value is -2.45. The molecule has 0 bridgehead atoms. The van der Waals surface area contributed by atoms with Crippen LogP contribution in [0.2, 0.25) is 0 Å². The van der Waals surface area contributed by atoms with Gasteiger partial charge in [-0.1, -0.05) is 13.8 Å². The molecule has 1 heterocycles. The first kappa shape index (κ1) is 15.6. The summed E-state index contributed by atoms with van der Waals surface area (Å²) in [5, 5.41) is 11.0. The summed E-state index contributed by atoms with van der Waals surface area (Å²) in [7, 11) is 0. The van der Waals surface area contributed by atoms with Crippen LogP contribution in [0, 0.1) is 11.7 Å². The van der Waals surface area contributed by atoms with Crippen LogP contribution in [-0.2, 0) is 4.79 Å². The number of aromatic nitrogens is 2. The van der Waals surface area contributed by atoms with Gasteiger partial charge in [0.15, 0.2) is 0 Å². The molecule has 0 aromatic carbocycles.